The second-order valence-electron chi connectivity index (χ2n) is 4.77. The molecule has 4 N–H and O–H groups in total. The number of aromatic nitrogens is 1. The monoisotopic (exact) mass is 282 g/mol. The van der Waals surface area contributed by atoms with Crippen molar-refractivity contribution in [3.8, 4) is 11.5 Å². The van der Waals surface area contributed by atoms with Gasteiger partial charge in [0.25, 0.3) is 5.91 Å². The van der Waals surface area contributed by atoms with E-state index in [0.717, 1.165) is 10.9 Å². The second kappa shape index (κ2) is 5.20. The minimum atomic E-state index is -0.269. The van der Waals surface area contributed by atoms with Gasteiger partial charge in [0.1, 0.15) is 17.2 Å². The molecule has 5 nitrogen and oxygen atoms in total. The Morgan fingerprint density at radius 2 is 1.90 bits per heavy atom. The Balaban J connectivity index is 1.76. The summed E-state index contributed by atoms with van der Waals surface area (Å²) < 4.78 is 0. The zero-order valence-electron chi connectivity index (χ0n) is 11.1. The molecule has 0 aliphatic heterocycles. The minimum absolute atomic E-state index is 0.152. The van der Waals surface area contributed by atoms with Crippen LogP contribution in [0.1, 0.15) is 16.1 Å². The average Bonchev–Trinajstić information content (AvgIpc) is 2.89. The van der Waals surface area contributed by atoms with Crippen molar-refractivity contribution in [3.63, 3.8) is 0 Å². The summed E-state index contributed by atoms with van der Waals surface area (Å²) >= 11 is 0. The first-order chi connectivity index (χ1) is 10.1. The van der Waals surface area contributed by atoms with Crippen molar-refractivity contribution in [3.05, 3.63) is 59.8 Å². The fourth-order valence-electron chi connectivity index (χ4n) is 2.17. The van der Waals surface area contributed by atoms with Gasteiger partial charge < -0.3 is 20.5 Å². The summed E-state index contributed by atoms with van der Waals surface area (Å²) in [6.45, 7) is 0.242. The van der Waals surface area contributed by atoms with Gasteiger partial charge in [-0.05, 0) is 30.3 Å². The van der Waals surface area contributed by atoms with Crippen molar-refractivity contribution in [2.45, 2.75) is 6.54 Å². The van der Waals surface area contributed by atoms with E-state index in [2.05, 4.69) is 10.3 Å². The fraction of sp³-hybridized carbons (Fsp3) is 0.0625. The maximum atomic E-state index is 12.1. The Hall–Kier alpha value is -2.95. The van der Waals surface area contributed by atoms with E-state index in [-0.39, 0.29) is 24.0 Å². The van der Waals surface area contributed by atoms with E-state index >= 15 is 0 Å². The predicted molar refractivity (Wildman–Crippen MR) is 79.2 cm³/mol. The van der Waals surface area contributed by atoms with Crippen LogP contribution in [0.5, 0.6) is 11.5 Å². The van der Waals surface area contributed by atoms with Crippen LogP contribution in [0, 0.1) is 0 Å². The van der Waals surface area contributed by atoms with E-state index in [0.29, 0.717) is 11.3 Å². The molecule has 0 unspecified atom stereocenters. The number of phenols is 2. The molecule has 0 saturated carbocycles. The number of fused-ring (bicyclic) bond motifs is 1. The zero-order valence-corrected chi connectivity index (χ0v) is 11.1. The summed E-state index contributed by atoms with van der Waals surface area (Å²) in [6.07, 6.45) is 0. The van der Waals surface area contributed by atoms with Gasteiger partial charge in [-0.1, -0.05) is 18.2 Å². The third kappa shape index (κ3) is 2.67. The summed E-state index contributed by atoms with van der Waals surface area (Å²) in [5.74, 6) is 0.0379. The summed E-state index contributed by atoms with van der Waals surface area (Å²) in [6, 6.07) is 13.4. The average molecular weight is 282 g/mol. The Kier molecular flexibility index (Phi) is 3.23. The minimum Gasteiger partial charge on any atom is -0.508 e. The normalized spacial score (nSPS) is 10.7. The number of nitrogens with one attached hydrogen (secondary N) is 2. The summed E-state index contributed by atoms with van der Waals surface area (Å²) in [5.41, 5.74) is 1.84. The lowest BCUT2D eigenvalue weighted by atomic mass is 10.2. The largest absolute Gasteiger partial charge is 0.508 e. The predicted octanol–water partition coefficient (Wildman–Crippen LogP) is 2.51. The number of H-pyrrole nitrogens is 1. The molecule has 1 heterocycles. The van der Waals surface area contributed by atoms with Crippen LogP contribution in [-0.4, -0.2) is 21.1 Å². The van der Waals surface area contributed by atoms with Crippen LogP contribution in [0.25, 0.3) is 10.9 Å². The third-order valence-corrected chi connectivity index (χ3v) is 3.28. The third-order valence-electron chi connectivity index (χ3n) is 3.28. The van der Waals surface area contributed by atoms with Crippen molar-refractivity contribution in [1.82, 2.24) is 10.3 Å². The SMILES string of the molecule is O=C(NCc1ccccc1O)c1cc2cc(O)ccc2[nH]1. The standard InChI is InChI=1S/C16H14N2O3/c19-12-5-6-13-11(7-12)8-14(18-13)16(21)17-9-10-3-1-2-4-15(10)20/h1-8,18-20H,9H2,(H,17,21). The van der Waals surface area contributed by atoms with Crippen LogP contribution in [0.4, 0.5) is 0 Å². The number of hydrogen-bond donors (Lipinski definition) is 4. The van der Waals surface area contributed by atoms with Gasteiger partial charge in [-0.15, -0.1) is 0 Å². The smallest absolute Gasteiger partial charge is 0.267 e. The lowest BCUT2D eigenvalue weighted by molar-refractivity contribution is 0.0946. The number of aromatic hydroxyl groups is 2. The highest BCUT2D eigenvalue weighted by Gasteiger charge is 2.10. The molecule has 0 saturated heterocycles. The maximum absolute atomic E-state index is 12.1. The summed E-state index contributed by atoms with van der Waals surface area (Å²) in [5, 5.41) is 22.6. The molecule has 2 aromatic carbocycles. The first kappa shape index (κ1) is 13.1. The van der Waals surface area contributed by atoms with Gasteiger partial charge in [0.15, 0.2) is 0 Å². The number of carbonyl (C=O) groups excluding carboxylic acids is 1. The van der Waals surface area contributed by atoms with Gasteiger partial charge in [-0.25, -0.2) is 0 Å². The van der Waals surface area contributed by atoms with Crippen molar-refractivity contribution >= 4 is 16.8 Å². The zero-order chi connectivity index (χ0) is 14.8. The highest BCUT2D eigenvalue weighted by atomic mass is 16.3. The second-order valence-corrected chi connectivity index (χ2v) is 4.77. The Bertz CT molecular complexity index is 808. The lowest BCUT2D eigenvalue weighted by Gasteiger charge is -2.05. The quantitative estimate of drug-likeness (QED) is 0.595. The van der Waals surface area contributed by atoms with E-state index in [1.807, 2.05) is 0 Å². The van der Waals surface area contributed by atoms with Crippen LogP contribution >= 0.6 is 0 Å². The Labute approximate surface area is 120 Å². The van der Waals surface area contributed by atoms with E-state index in [4.69, 9.17) is 0 Å². The lowest BCUT2D eigenvalue weighted by Crippen LogP contribution is -2.23. The molecule has 1 aromatic heterocycles. The van der Waals surface area contributed by atoms with Crippen molar-refractivity contribution in [2.75, 3.05) is 0 Å². The van der Waals surface area contributed by atoms with Crippen LogP contribution in [-0.2, 0) is 6.54 Å². The topological polar surface area (TPSA) is 85.3 Å². The molecule has 1 amide bonds. The van der Waals surface area contributed by atoms with Crippen LogP contribution in [0.2, 0.25) is 0 Å². The molecule has 3 rings (SSSR count). The molecule has 0 radical (unpaired) electrons. The van der Waals surface area contributed by atoms with Gasteiger partial charge in [0.2, 0.25) is 0 Å². The highest BCUT2D eigenvalue weighted by molar-refractivity contribution is 5.98. The van der Waals surface area contributed by atoms with E-state index in [9.17, 15) is 15.0 Å². The van der Waals surface area contributed by atoms with Crippen LogP contribution < -0.4 is 5.32 Å². The van der Waals surface area contributed by atoms with Gasteiger partial charge in [-0.2, -0.15) is 0 Å². The van der Waals surface area contributed by atoms with E-state index in [1.165, 1.54) is 0 Å². The summed E-state index contributed by atoms with van der Waals surface area (Å²) in [7, 11) is 0. The molecule has 3 aromatic rings. The number of aromatic amines is 1. The van der Waals surface area contributed by atoms with Gasteiger partial charge in [0.05, 0.1) is 0 Å². The number of benzene rings is 2. The van der Waals surface area contributed by atoms with E-state index < -0.39 is 0 Å². The van der Waals surface area contributed by atoms with Gasteiger partial charge >= 0.3 is 0 Å². The van der Waals surface area contributed by atoms with Crippen LogP contribution in [0.3, 0.4) is 0 Å². The molecule has 0 atom stereocenters. The molecule has 0 aliphatic carbocycles. The molecular formula is C16H14N2O3. The maximum Gasteiger partial charge on any atom is 0.267 e. The van der Waals surface area contributed by atoms with Crippen molar-refractivity contribution in [2.24, 2.45) is 0 Å². The molecule has 0 spiro atoms. The van der Waals surface area contributed by atoms with E-state index in [1.54, 1.807) is 48.5 Å². The first-order valence-corrected chi connectivity index (χ1v) is 6.50. The molecular weight excluding hydrogens is 268 g/mol. The molecule has 5 heteroatoms. The van der Waals surface area contributed by atoms with Crippen molar-refractivity contribution in [1.29, 1.82) is 0 Å². The Morgan fingerprint density at radius 3 is 2.71 bits per heavy atom. The number of phenolic OH excluding ortho intramolecular Hbond substituents is 2. The van der Waals surface area contributed by atoms with Gasteiger partial charge in [0, 0.05) is 23.0 Å². The summed E-state index contributed by atoms with van der Waals surface area (Å²) in [4.78, 5) is 15.1. The van der Waals surface area contributed by atoms with Crippen LogP contribution in [0.15, 0.2) is 48.5 Å². The highest BCUT2D eigenvalue weighted by Crippen LogP contribution is 2.21. The number of amides is 1. The molecule has 0 bridgehead atoms. The number of rotatable bonds is 3. The molecule has 106 valence electrons. The molecule has 0 fully saturated rings. The van der Waals surface area contributed by atoms with Crippen molar-refractivity contribution < 1.29 is 15.0 Å². The number of hydrogen-bond acceptors (Lipinski definition) is 3. The number of para-hydroxylation sites is 1. The first-order valence-electron chi connectivity index (χ1n) is 6.50. The molecule has 21 heavy (non-hydrogen) atoms. The molecule has 0 aliphatic rings. The number of carbonyl (C=O) groups is 1. The van der Waals surface area contributed by atoms with Gasteiger partial charge in [-0.3, -0.25) is 4.79 Å². The Morgan fingerprint density at radius 1 is 1.10 bits per heavy atom. The fourth-order valence-corrected chi connectivity index (χ4v) is 2.17.